The highest BCUT2D eigenvalue weighted by Crippen LogP contribution is 2.26. The second kappa shape index (κ2) is 8.56. The first-order valence-corrected chi connectivity index (χ1v) is 9.09. The maximum atomic E-state index is 12.4. The second-order valence-corrected chi connectivity index (χ2v) is 6.51. The summed E-state index contributed by atoms with van der Waals surface area (Å²) in [7, 11) is 0. The van der Waals surface area contributed by atoms with E-state index in [1.807, 2.05) is 30.3 Å². The summed E-state index contributed by atoms with van der Waals surface area (Å²) in [6, 6.07) is 13.4. The van der Waals surface area contributed by atoms with Gasteiger partial charge in [0, 0.05) is 5.69 Å². The summed E-state index contributed by atoms with van der Waals surface area (Å²) >= 11 is 0. The minimum absolute atomic E-state index is 0.178. The highest BCUT2D eigenvalue weighted by molar-refractivity contribution is 5.94. The number of hydrogen-bond acceptors (Lipinski definition) is 3. The largest absolute Gasteiger partial charge is 0.490 e. The molecule has 0 fully saturated rings. The van der Waals surface area contributed by atoms with Crippen LogP contribution in [0.2, 0.25) is 0 Å². The third-order valence-corrected chi connectivity index (χ3v) is 4.49. The lowest BCUT2D eigenvalue weighted by molar-refractivity contribution is -0.122. The Balaban J connectivity index is 1.56. The molecule has 2 aromatic rings. The first-order chi connectivity index (χ1) is 12.7. The van der Waals surface area contributed by atoms with Gasteiger partial charge in [-0.05, 0) is 80.1 Å². The van der Waals surface area contributed by atoms with Gasteiger partial charge in [-0.15, -0.1) is 0 Å². The van der Waals surface area contributed by atoms with Gasteiger partial charge in [0.15, 0.2) is 6.10 Å². The molecule has 4 heteroatoms. The van der Waals surface area contributed by atoms with Crippen molar-refractivity contribution in [3.8, 4) is 11.5 Å². The van der Waals surface area contributed by atoms with Gasteiger partial charge in [-0.2, -0.15) is 0 Å². The predicted molar refractivity (Wildman–Crippen MR) is 104 cm³/mol. The lowest BCUT2D eigenvalue weighted by atomic mass is 9.92. The van der Waals surface area contributed by atoms with Crippen molar-refractivity contribution >= 4 is 11.6 Å². The smallest absolute Gasteiger partial charge is 0.265 e. The minimum Gasteiger partial charge on any atom is -0.490 e. The number of rotatable bonds is 7. The summed E-state index contributed by atoms with van der Waals surface area (Å²) in [5, 5.41) is 2.87. The van der Waals surface area contributed by atoms with Crippen LogP contribution in [0.3, 0.4) is 0 Å². The standard InChI is InChI=1S/C22H25NO3/c1-3-14-25-20-12-9-19(10-13-20)23-22(24)16(2)26-21-11-8-17-6-4-5-7-18(17)15-21/h3,8-13,15-16H,1,4-7,14H2,2H3,(H,23,24)/t16-/m1/s1. The molecule has 1 amide bonds. The Morgan fingerprint density at radius 3 is 2.54 bits per heavy atom. The molecular weight excluding hydrogens is 326 g/mol. The molecule has 1 aliphatic carbocycles. The molecule has 0 unspecified atom stereocenters. The lowest BCUT2D eigenvalue weighted by Gasteiger charge is -2.19. The monoisotopic (exact) mass is 351 g/mol. The van der Waals surface area contributed by atoms with E-state index in [4.69, 9.17) is 9.47 Å². The van der Waals surface area contributed by atoms with Gasteiger partial charge in [-0.25, -0.2) is 0 Å². The molecule has 0 radical (unpaired) electrons. The van der Waals surface area contributed by atoms with E-state index in [-0.39, 0.29) is 5.91 Å². The van der Waals surface area contributed by atoms with Gasteiger partial charge < -0.3 is 14.8 Å². The average Bonchev–Trinajstić information content (AvgIpc) is 2.67. The molecular formula is C22H25NO3. The lowest BCUT2D eigenvalue weighted by Crippen LogP contribution is -2.30. The van der Waals surface area contributed by atoms with E-state index in [9.17, 15) is 4.79 Å². The molecule has 136 valence electrons. The normalized spacial score (nSPS) is 14.0. The molecule has 1 atom stereocenters. The number of nitrogens with one attached hydrogen (secondary N) is 1. The Kier molecular flexibility index (Phi) is 5.95. The fraction of sp³-hybridized carbons (Fsp3) is 0.318. The van der Waals surface area contributed by atoms with Crippen LogP contribution in [-0.4, -0.2) is 18.6 Å². The van der Waals surface area contributed by atoms with Crippen LogP contribution >= 0.6 is 0 Å². The van der Waals surface area contributed by atoms with Crippen LogP contribution in [0, 0.1) is 0 Å². The van der Waals surface area contributed by atoms with Crippen molar-refractivity contribution in [1.82, 2.24) is 0 Å². The van der Waals surface area contributed by atoms with Crippen LogP contribution in [0.1, 0.15) is 30.9 Å². The van der Waals surface area contributed by atoms with E-state index in [1.165, 1.54) is 24.0 Å². The number of ether oxygens (including phenoxy) is 2. The number of aryl methyl sites for hydroxylation is 2. The van der Waals surface area contributed by atoms with Gasteiger partial charge in [0.2, 0.25) is 0 Å². The van der Waals surface area contributed by atoms with Crippen molar-refractivity contribution < 1.29 is 14.3 Å². The van der Waals surface area contributed by atoms with Crippen molar-refractivity contribution in [3.05, 3.63) is 66.2 Å². The molecule has 4 nitrogen and oxygen atoms in total. The van der Waals surface area contributed by atoms with Crippen LogP contribution in [0.5, 0.6) is 11.5 Å². The second-order valence-electron chi connectivity index (χ2n) is 6.51. The first-order valence-electron chi connectivity index (χ1n) is 9.09. The summed E-state index contributed by atoms with van der Waals surface area (Å²) < 4.78 is 11.3. The van der Waals surface area contributed by atoms with Crippen molar-refractivity contribution in [2.24, 2.45) is 0 Å². The molecule has 0 spiro atoms. The van der Waals surface area contributed by atoms with Crippen molar-refractivity contribution in [3.63, 3.8) is 0 Å². The summed E-state index contributed by atoms with van der Waals surface area (Å²) in [6.07, 6.45) is 5.82. The van der Waals surface area contributed by atoms with Gasteiger partial charge in [-0.1, -0.05) is 18.7 Å². The molecule has 1 aliphatic rings. The number of benzene rings is 2. The van der Waals surface area contributed by atoms with E-state index < -0.39 is 6.10 Å². The average molecular weight is 351 g/mol. The van der Waals surface area contributed by atoms with Gasteiger partial charge in [0.1, 0.15) is 18.1 Å². The fourth-order valence-electron chi connectivity index (χ4n) is 3.07. The van der Waals surface area contributed by atoms with E-state index in [1.54, 1.807) is 13.0 Å². The molecule has 0 saturated heterocycles. The van der Waals surface area contributed by atoms with Crippen LogP contribution in [0.25, 0.3) is 0 Å². The zero-order chi connectivity index (χ0) is 18.4. The van der Waals surface area contributed by atoms with Crippen LogP contribution in [-0.2, 0) is 17.6 Å². The number of carbonyl (C=O) groups excluding carboxylic acids is 1. The minimum atomic E-state index is -0.576. The Hall–Kier alpha value is -2.75. The van der Waals surface area contributed by atoms with Crippen molar-refractivity contribution in [1.29, 1.82) is 0 Å². The van der Waals surface area contributed by atoms with Gasteiger partial charge in [0.25, 0.3) is 5.91 Å². The number of fused-ring (bicyclic) bond motifs is 1. The predicted octanol–water partition coefficient (Wildman–Crippen LogP) is 4.54. The fourth-order valence-corrected chi connectivity index (χ4v) is 3.07. The van der Waals surface area contributed by atoms with E-state index in [0.29, 0.717) is 12.3 Å². The number of carbonyl (C=O) groups is 1. The SMILES string of the molecule is C=CCOc1ccc(NC(=O)[C@@H](C)Oc2ccc3c(c2)CCCC3)cc1. The Morgan fingerprint density at radius 2 is 1.81 bits per heavy atom. The Labute approximate surface area is 154 Å². The third-order valence-electron chi connectivity index (χ3n) is 4.49. The first kappa shape index (κ1) is 18.1. The van der Waals surface area contributed by atoms with Crippen LogP contribution in [0.4, 0.5) is 5.69 Å². The summed E-state index contributed by atoms with van der Waals surface area (Å²) in [5.41, 5.74) is 3.46. The topological polar surface area (TPSA) is 47.6 Å². The van der Waals surface area contributed by atoms with Gasteiger partial charge in [-0.3, -0.25) is 4.79 Å². The Morgan fingerprint density at radius 1 is 1.12 bits per heavy atom. The molecule has 0 saturated carbocycles. The summed E-state index contributed by atoms with van der Waals surface area (Å²) in [4.78, 5) is 12.4. The van der Waals surface area contributed by atoms with Gasteiger partial charge >= 0.3 is 0 Å². The number of anilines is 1. The highest BCUT2D eigenvalue weighted by atomic mass is 16.5. The number of hydrogen-bond donors (Lipinski definition) is 1. The quantitative estimate of drug-likeness (QED) is 0.745. The van der Waals surface area contributed by atoms with Crippen molar-refractivity contribution in [2.75, 3.05) is 11.9 Å². The maximum absolute atomic E-state index is 12.4. The van der Waals surface area contributed by atoms with Gasteiger partial charge in [0.05, 0.1) is 0 Å². The molecule has 0 aliphatic heterocycles. The van der Waals surface area contributed by atoms with Crippen LogP contribution in [0.15, 0.2) is 55.1 Å². The van der Waals surface area contributed by atoms with Crippen molar-refractivity contribution in [2.45, 2.75) is 38.7 Å². The summed E-state index contributed by atoms with van der Waals surface area (Å²) in [6.45, 7) is 5.83. The molecule has 2 aromatic carbocycles. The Bertz CT molecular complexity index is 767. The molecule has 3 rings (SSSR count). The van der Waals surface area contributed by atoms with E-state index in [2.05, 4.69) is 24.0 Å². The molecule has 26 heavy (non-hydrogen) atoms. The highest BCUT2D eigenvalue weighted by Gasteiger charge is 2.16. The van der Waals surface area contributed by atoms with E-state index in [0.717, 1.165) is 24.3 Å². The molecule has 1 N–H and O–H groups in total. The molecule has 0 heterocycles. The van der Waals surface area contributed by atoms with E-state index >= 15 is 0 Å². The molecule has 0 aromatic heterocycles. The zero-order valence-corrected chi connectivity index (χ0v) is 15.2. The zero-order valence-electron chi connectivity index (χ0n) is 15.2. The summed E-state index contributed by atoms with van der Waals surface area (Å²) in [5.74, 6) is 1.31. The maximum Gasteiger partial charge on any atom is 0.265 e. The third kappa shape index (κ3) is 4.66. The molecule has 0 bridgehead atoms. The number of amides is 1. The van der Waals surface area contributed by atoms with Crippen LogP contribution < -0.4 is 14.8 Å².